The topological polar surface area (TPSA) is 50.4 Å². The van der Waals surface area contributed by atoms with E-state index in [0.29, 0.717) is 32.7 Å². The molecule has 19 heavy (non-hydrogen) atoms. The summed E-state index contributed by atoms with van der Waals surface area (Å²) in [4.78, 5) is 11.4. The number of amides is 1. The number of rotatable bonds is 8. The van der Waals surface area contributed by atoms with Crippen LogP contribution in [0.15, 0.2) is 18.2 Å². The van der Waals surface area contributed by atoms with E-state index in [0.717, 1.165) is 16.1 Å². The second-order valence-corrected chi connectivity index (χ2v) is 4.77. The number of methoxy groups -OCH3 is 1. The molecular formula is C14H21ClN2O2. The zero-order chi connectivity index (χ0) is 14.1. The molecule has 2 N–H and O–H groups in total. The Kier molecular flexibility index (Phi) is 7.48. The molecule has 0 aliphatic heterocycles. The molecule has 0 spiro atoms. The molecule has 106 valence electrons. The normalized spacial score (nSPS) is 10.5. The lowest BCUT2D eigenvalue weighted by atomic mass is 10.1. The molecule has 1 rings (SSSR count). The van der Waals surface area contributed by atoms with Crippen LogP contribution in [0.25, 0.3) is 0 Å². The lowest BCUT2D eigenvalue weighted by Gasteiger charge is -2.08. The standard InChI is InChI=1S/C14H21ClN2O2/c1-11-3-4-12(13(15)9-11)10-16-6-5-14(18)17-7-8-19-2/h3-4,9,16H,5-8,10H2,1-2H3,(H,17,18). The highest BCUT2D eigenvalue weighted by atomic mass is 35.5. The summed E-state index contributed by atoms with van der Waals surface area (Å²) in [6, 6.07) is 5.97. The Morgan fingerprint density at radius 3 is 2.84 bits per heavy atom. The van der Waals surface area contributed by atoms with Gasteiger partial charge in [-0.3, -0.25) is 4.79 Å². The summed E-state index contributed by atoms with van der Waals surface area (Å²) in [6.45, 7) is 4.40. The first kappa shape index (κ1) is 16.0. The average molecular weight is 285 g/mol. The van der Waals surface area contributed by atoms with Gasteiger partial charge in [0.2, 0.25) is 5.91 Å². The van der Waals surface area contributed by atoms with Crippen molar-refractivity contribution in [3.8, 4) is 0 Å². The molecule has 0 aromatic heterocycles. The molecule has 0 heterocycles. The van der Waals surface area contributed by atoms with E-state index in [-0.39, 0.29) is 5.91 Å². The van der Waals surface area contributed by atoms with Gasteiger partial charge in [-0.15, -0.1) is 0 Å². The predicted octanol–water partition coefficient (Wildman–Crippen LogP) is 1.89. The monoisotopic (exact) mass is 284 g/mol. The number of hydrogen-bond acceptors (Lipinski definition) is 3. The Bertz CT molecular complexity index is 410. The molecule has 0 fully saturated rings. The van der Waals surface area contributed by atoms with Crippen molar-refractivity contribution in [3.05, 3.63) is 34.3 Å². The van der Waals surface area contributed by atoms with Gasteiger partial charge in [-0.2, -0.15) is 0 Å². The molecule has 1 amide bonds. The Morgan fingerprint density at radius 2 is 2.16 bits per heavy atom. The van der Waals surface area contributed by atoms with Gasteiger partial charge in [-0.05, 0) is 24.1 Å². The van der Waals surface area contributed by atoms with Crippen LogP contribution in [0.3, 0.4) is 0 Å². The van der Waals surface area contributed by atoms with Crippen molar-refractivity contribution in [2.24, 2.45) is 0 Å². The van der Waals surface area contributed by atoms with Crippen LogP contribution in [0.4, 0.5) is 0 Å². The summed E-state index contributed by atoms with van der Waals surface area (Å²) in [5.74, 6) is 0.0274. The van der Waals surface area contributed by atoms with Crippen molar-refractivity contribution in [2.45, 2.75) is 19.9 Å². The zero-order valence-electron chi connectivity index (χ0n) is 11.5. The number of hydrogen-bond donors (Lipinski definition) is 2. The van der Waals surface area contributed by atoms with Crippen LogP contribution in [0.5, 0.6) is 0 Å². The Labute approximate surface area is 119 Å². The third-order valence-corrected chi connectivity index (χ3v) is 3.03. The second kappa shape index (κ2) is 8.91. The third-order valence-electron chi connectivity index (χ3n) is 2.68. The first-order valence-electron chi connectivity index (χ1n) is 6.35. The SMILES string of the molecule is COCCNC(=O)CCNCc1ccc(C)cc1Cl. The van der Waals surface area contributed by atoms with E-state index in [2.05, 4.69) is 10.6 Å². The number of ether oxygens (including phenoxy) is 1. The fraction of sp³-hybridized carbons (Fsp3) is 0.500. The minimum Gasteiger partial charge on any atom is -0.383 e. The number of carbonyl (C=O) groups is 1. The summed E-state index contributed by atoms with van der Waals surface area (Å²) < 4.78 is 4.85. The summed E-state index contributed by atoms with van der Waals surface area (Å²) in [6.07, 6.45) is 0.452. The van der Waals surface area contributed by atoms with Crippen LogP contribution in [-0.2, 0) is 16.1 Å². The molecule has 4 nitrogen and oxygen atoms in total. The van der Waals surface area contributed by atoms with Crippen LogP contribution in [0.1, 0.15) is 17.5 Å². The highest BCUT2D eigenvalue weighted by Crippen LogP contribution is 2.17. The van der Waals surface area contributed by atoms with E-state index in [1.807, 2.05) is 25.1 Å². The Morgan fingerprint density at radius 1 is 1.37 bits per heavy atom. The number of halogens is 1. The zero-order valence-corrected chi connectivity index (χ0v) is 12.2. The van der Waals surface area contributed by atoms with E-state index in [1.54, 1.807) is 7.11 Å². The van der Waals surface area contributed by atoms with Gasteiger partial charge in [0, 0.05) is 38.2 Å². The molecule has 0 aliphatic rings. The molecule has 0 bridgehead atoms. The maximum absolute atomic E-state index is 11.4. The van der Waals surface area contributed by atoms with E-state index in [1.165, 1.54) is 0 Å². The van der Waals surface area contributed by atoms with Crippen molar-refractivity contribution in [2.75, 3.05) is 26.8 Å². The molecule has 0 radical (unpaired) electrons. The van der Waals surface area contributed by atoms with E-state index < -0.39 is 0 Å². The van der Waals surface area contributed by atoms with Crippen molar-refractivity contribution in [3.63, 3.8) is 0 Å². The smallest absolute Gasteiger partial charge is 0.221 e. The maximum Gasteiger partial charge on any atom is 0.221 e. The van der Waals surface area contributed by atoms with Gasteiger partial charge in [0.15, 0.2) is 0 Å². The van der Waals surface area contributed by atoms with Gasteiger partial charge in [-0.1, -0.05) is 23.7 Å². The number of aryl methyl sites for hydroxylation is 1. The number of carbonyl (C=O) groups excluding carboxylic acids is 1. The molecular weight excluding hydrogens is 264 g/mol. The second-order valence-electron chi connectivity index (χ2n) is 4.36. The molecule has 5 heteroatoms. The molecule has 0 aliphatic carbocycles. The van der Waals surface area contributed by atoms with Gasteiger partial charge >= 0.3 is 0 Å². The maximum atomic E-state index is 11.4. The fourth-order valence-electron chi connectivity index (χ4n) is 1.60. The molecule has 0 saturated heterocycles. The average Bonchev–Trinajstić information content (AvgIpc) is 2.37. The molecule has 0 saturated carbocycles. The number of benzene rings is 1. The number of nitrogens with one attached hydrogen (secondary N) is 2. The first-order chi connectivity index (χ1) is 9.13. The van der Waals surface area contributed by atoms with Gasteiger partial charge in [0.05, 0.1) is 6.61 Å². The van der Waals surface area contributed by atoms with Gasteiger partial charge in [0.1, 0.15) is 0 Å². The van der Waals surface area contributed by atoms with Crippen molar-refractivity contribution in [1.29, 1.82) is 0 Å². The highest BCUT2D eigenvalue weighted by Gasteiger charge is 2.02. The van der Waals surface area contributed by atoms with Crippen molar-refractivity contribution in [1.82, 2.24) is 10.6 Å². The molecule has 0 atom stereocenters. The highest BCUT2D eigenvalue weighted by molar-refractivity contribution is 6.31. The quantitative estimate of drug-likeness (QED) is 0.717. The largest absolute Gasteiger partial charge is 0.383 e. The van der Waals surface area contributed by atoms with Crippen LogP contribution in [0, 0.1) is 6.92 Å². The minimum absolute atomic E-state index is 0.0274. The van der Waals surface area contributed by atoms with Crippen LogP contribution in [0.2, 0.25) is 5.02 Å². The van der Waals surface area contributed by atoms with Crippen LogP contribution < -0.4 is 10.6 Å². The van der Waals surface area contributed by atoms with Gasteiger partial charge in [-0.25, -0.2) is 0 Å². The first-order valence-corrected chi connectivity index (χ1v) is 6.72. The predicted molar refractivity (Wildman–Crippen MR) is 77.4 cm³/mol. The lowest BCUT2D eigenvalue weighted by Crippen LogP contribution is -2.29. The van der Waals surface area contributed by atoms with E-state index in [9.17, 15) is 4.79 Å². The lowest BCUT2D eigenvalue weighted by molar-refractivity contribution is -0.121. The fourth-order valence-corrected chi connectivity index (χ4v) is 1.90. The van der Waals surface area contributed by atoms with Crippen molar-refractivity contribution < 1.29 is 9.53 Å². The summed E-state index contributed by atoms with van der Waals surface area (Å²) in [5, 5.41) is 6.74. The van der Waals surface area contributed by atoms with Gasteiger partial charge in [0.25, 0.3) is 0 Å². The Balaban J connectivity index is 2.18. The Hall–Kier alpha value is -1.10. The molecule has 0 unspecified atom stereocenters. The summed E-state index contributed by atoms with van der Waals surface area (Å²) in [5.41, 5.74) is 2.19. The van der Waals surface area contributed by atoms with Gasteiger partial charge < -0.3 is 15.4 Å². The summed E-state index contributed by atoms with van der Waals surface area (Å²) >= 11 is 6.12. The third kappa shape index (κ3) is 6.57. The van der Waals surface area contributed by atoms with E-state index in [4.69, 9.17) is 16.3 Å². The molecule has 1 aromatic carbocycles. The van der Waals surface area contributed by atoms with E-state index >= 15 is 0 Å². The van der Waals surface area contributed by atoms with Crippen molar-refractivity contribution >= 4 is 17.5 Å². The van der Waals surface area contributed by atoms with Crippen LogP contribution in [-0.4, -0.2) is 32.7 Å². The summed E-state index contributed by atoms with van der Waals surface area (Å²) in [7, 11) is 1.61. The minimum atomic E-state index is 0.0274. The molecule has 1 aromatic rings. The van der Waals surface area contributed by atoms with Crippen LogP contribution >= 0.6 is 11.6 Å².